The molecule has 3 heteroatoms. The number of aryl methyl sites for hydroxylation is 6. The number of unbranched alkanes of at least 4 members (excludes halogenated alkanes) is 1. The van der Waals surface area contributed by atoms with Gasteiger partial charge >= 0.3 is 0 Å². The number of thioether (sulfide) groups is 1. The summed E-state index contributed by atoms with van der Waals surface area (Å²) in [5, 5.41) is 1.39. The summed E-state index contributed by atoms with van der Waals surface area (Å²) in [6.07, 6.45) is 4.73. The minimum Gasteiger partial charge on any atom is -0.362 e. The maximum atomic E-state index is 2.62. The first-order valence-corrected chi connectivity index (χ1v) is 15.5. The van der Waals surface area contributed by atoms with E-state index in [0.717, 1.165) is 29.9 Å². The van der Waals surface area contributed by atoms with E-state index >= 15 is 0 Å². The quantitative estimate of drug-likeness (QED) is 0.156. The fourth-order valence-corrected chi connectivity index (χ4v) is 6.88. The Morgan fingerprint density at radius 1 is 0.667 bits per heavy atom. The van der Waals surface area contributed by atoms with Gasteiger partial charge in [0.15, 0.2) is 0 Å². The van der Waals surface area contributed by atoms with Crippen LogP contribution in [-0.2, 0) is 18.8 Å². The van der Waals surface area contributed by atoms with Gasteiger partial charge in [0, 0.05) is 24.4 Å². The van der Waals surface area contributed by atoms with Crippen LogP contribution in [0.25, 0.3) is 0 Å². The fourth-order valence-electron chi connectivity index (χ4n) is 5.89. The molecule has 0 amide bonds. The summed E-state index contributed by atoms with van der Waals surface area (Å²) in [4.78, 5) is 2.62. The molecular weight excluding hydrogens is 492 g/mol. The molecule has 210 valence electrons. The highest BCUT2D eigenvalue weighted by molar-refractivity contribution is 8.02. The third kappa shape index (κ3) is 10.5. The summed E-state index contributed by atoms with van der Waals surface area (Å²) in [5.41, 5.74) is 12.4. The highest BCUT2D eigenvalue weighted by Gasteiger charge is 2.17. The van der Waals surface area contributed by atoms with E-state index in [-0.39, 0.29) is 0 Å². The molecule has 0 atom stereocenters. The van der Waals surface area contributed by atoms with E-state index in [4.69, 9.17) is 0 Å². The Labute approximate surface area is 243 Å². The standard InChI is InChI=1S/C36H51N2S/c1-10-36(39-26-35-22-31(6)17-32(7)23-35)37(24-33-18-27(2)15-28(3)19-33)13-11-12-14-38(8,9)25-34-20-29(4)16-30(5)21-34/h10,15-23H,11-14,24-26H2,1-9H3/q+1/b36-10-. The minimum absolute atomic E-state index is 0.961. The highest BCUT2D eigenvalue weighted by atomic mass is 32.2. The Morgan fingerprint density at radius 3 is 1.62 bits per heavy atom. The largest absolute Gasteiger partial charge is 0.362 e. The lowest BCUT2D eigenvalue weighted by Gasteiger charge is -2.31. The van der Waals surface area contributed by atoms with Crippen molar-refractivity contribution in [2.24, 2.45) is 0 Å². The maximum Gasteiger partial charge on any atom is 0.104 e. The number of rotatable bonds is 13. The van der Waals surface area contributed by atoms with Crippen LogP contribution in [0, 0.1) is 41.5 Å². The van der Waals surface area contributed by atoms with E-state index in [0.29, 0.717) is 0 Å². The molecule has 3 aromatic carbocycles. The molecule has 0 N–H and O–H groups in total. The lowest BCUT2D eigenvalue weighted by Crippen LogP contribution is -2.39. The molecule has 0 aliphatic rings. The molecule has 0 fully saturated rings. The Bertz CT molecular complexity index is 1210. The zero-order chi connectivity index (χ0) is 28.6. The lowest BCUT2D eigenvalue weighted by molar-refractivity contribution is -0.903. The average Bonchev–Trinajstić information content (AvgIpc) is 2.79. The van der Waals surface area contributed by atoms with Crippen LogP contribution in [0.15, 0.2) is 65.7 Å². The van der Waals surface area contributed by atoms with Crippen LogP contribution in [0.5, 0.6) is 0 Å². The SMILES string of the molecule is C/C=C(\SCc1cc(C)cc(C)c1)N(CCCC[N+](C)(C)Cc1cc(C)cc(C)c1)Cc1cc(C)cc(C)c1. The van der Waals surface area contributed by atoms with Gasteiger partial charge in [0.1, 0.15) is 6.54 Å². The van der Waals surface area contributed by atoms with Crippen molar-refractivity contribution in [3.63, 3.8) is 0 Å². The summed E-state index contributed by atoms with van der Waals surface area (Å²) >= 11 is 1.98. The van der Waals surface area contributed by atoms with Crippen LogP contribution < -0.4 is 0 Å². The summed E-state index contributed by atoms with van der Waals surface area (Å²) in [6.45, 7) is 19.7. The van der Waals surface area contributed by atoms with Crippen molar-refractivity contribution in [3.8, 4) is 0 Å². The van der Waals surface area contributed by atoms with Crippen LogP contribution in [0.2, 0.25) is 0 Å². The minimum atomic E-state index is 0.961. The molecule has 0 saturated heterocycles. The molecule has 0 unspecified atom stereocenters. The number of benzene rings is 3. The molecule has 0 aliphatic carbocycles. The second-order valence-corrected chi connectivity index (χ2v) is 13.3. The Kier molecular flexibility index (Phi) is 11.3. The molecule has 0 bridgehead atoms. The van der Waals surface area contributed by atoms with Crippen molar-refractivity contribution >= 4 is 11.8 Å². The smallest absolute Gasteiger partial charge is 0.104 e. The summed E-state index contributed by atoms with van der Waals surface area (Å²) < 4.78 is 1.03. The molecule has 0 aromatic heterocycles. The third-order valence-electron chi connectivity index (χ3n) is 7.22. The first-order valence-electron chi connectivity index (χ1n) is 14.5. The van der Waals surface area contributed by atoms with Crippen LogP contribution >= 0.6 is 11.8 Å². The van der Waals surface area contributed by atoms with E-state index in [1.807, 2.05) is 11.8 Å². The molecule has 3 rings (SSSR count). The molecule has 0 radical (unpaired) electrons. The predicted molar refractivity (Wildman–Crippen MR) is 173 cm³/mol. The molecule has 0 heterocycles. The van der Waals surface area contributed by atoms with Gasteiger partial charge in [-0.1, -0.05) is 94.1 Å². The Balaban J connectivity index is 1.66. The topological polar surface area (TPSA) is 3.24 Å². The van der Waals surface area contributed by atoms with Crippen molar-refractivity contribution in [2.75, 3.05) is 27.2 Å². The number of allylic oxidation sites excluding steroid dienone is 1. The van der Waals surface area contributed by atoms with E-state index in [9.17, 15) is 0 Å². The van der Waals surface area contributed by atoms with Gasteiger partial charge in [-0.25, -0.2) is 0 Å². The molecule has 39 heavy (non-hydrogen) atoms. The van der Waals surface area contributed by atoms with E-state index in [2.05, 4.69) is 128 Å². The van der Waals surface area contributed by atoms with Crippen LogP contribution in [0.1, 0.15) is 69.8 Å². The van der Waals surface area contributed by atoms with Gasteiger partial charge in [0.05, 0.1) is 25.7 Å². The molecule has 2 nitrogen and oxygen atoms in total. The van der Waals surface area contributed by atoms with E-state index < -0.39 is 0 Å². The van der Waals surface area contributed by atoms with Gasteiger partial charge < -0.3 is 9.38 Å². The van der Waals surface area contributed by atoms with Crippen LogP contribution in [-0.4, -0.2) is 36.6 Å². The average molecular weight is 544 g/mol. The summed E-state index contributed by atoms with van der Waals surface area (Å²) in [5.74, 6) is 1.01. The fraction of sp³-hybridized carbons (Fsp3) is 0.444. The zero-order valence-electron chi connectivity index (χ0n) is 26.0. The monoisotopic (exact) mass is 543 g/mol. The number of hydrogen-bond acceptors (Lipinski definition) is 2. The van der Waals surface area contributed by atoms with Gasteiger partial charge in [-0.3, -0.25) is 0 Å². The molecular formula is C36H51N2S+. The first kappa shape index (κ1) is 31.0. The van der Waals surface area contributed by atoms with Gasteiger partial charge in [0.25, 0.3) is 0 Å². The third-order valence-corrected chi connectivity index (χ3v) is 8.48. The Morgan fingerprint density at radius 2 is 1.13 bits per heavy atom. The van der Waals surface area contributed by atoms with Crippen LogP contribution in [0.4, 0.5) is 0 Å². The summed E-state index contributed by atoms with van der Waals surface area (Å²) in [7, 11) is 4.75. The second kappa shape index (κ2) is 14.2. The second-order valence-electron chi connectivity index (χ2n) is 12.3. The lowest BCUT2D eigenvalue weighted by atomic mass is 10.1. The number of nitrogens with zero attached hydrogens (tertiary/aromatic N) is 2. The van der Waals surface area contributed by atoms with Gasteiger partial charge in [-0.2, -0.15) is 0 Å². The van der Waals surface area contributed by atoms with Gasteiger partial charge in [-0.05, 0) is 72.4 Å². The Hall–Kier alpha value is -2.49. The first-order chi connectivity index (χ1) is 18.4. The molecule has 0 spiro atoms. The molecule has 0 aliphatic heterocycles. The van der Waals surface area contributed by atoms with Crippen LogP contribution in [0.3, 0.4) is 0 Å². The zero-order valence-corrected chi connectivity index (χ0v) is 26.8. The van der Waals surface area contributed by atoms with Crippen molar-refractivity contribution in [1.29, 1.82) is 0 Å². The van der Waals surface area contributed by atoms with E-state index in [1.54, 1.807) is 0 Å². The number of hydrogen-bond donors (Lipinski definition) is 0. The van der Waals surface area contributed by atoms with Crippen molar-refractivity contribution in [2.45, 2.75) is 80.2 Å². The van der Waals surface area contributed by atoms with Gasteiger partial charge in [-0.15, -0.1) is 11.8 Å². The predicted octanol–water partition coefficient (Wildman–Crippen LogP) is 9.19. The normalized spacial score (nSPS) is 12.2. The maximum absolute atomic E-state index is 2.62. The van der Waals surface area contributed by atoms with E-state index in [1.165, 1.54) is 74.5 Å². The summed E-state index contributed by atoms with van der Waals surface area (Å²) in [6, 6.07) is 20.9. The highest BCUT2D eigenvalue weighted by Crippen LogP contribution is 2.28. The molecule has 0 saturated carbocycles. The number of quaternary nitrogens is 1. The van der Waals surface area contributed by atoms with Gasteiger partial charge in [0.2, 0.25) is 0 Å². The van der Waals surface area contributed by atoms with Crippen molar-refractivity contribution in [1.82, 2.24) is 4.90 Å². The van der Waals surface area contributed by atoms with Crippen molar-refractivity contribution < 1.29 is 4.48 Å². The molecule has 3 aromatic rings. The van der Waals surface area contributed by atoms with Crippen molar-refractivity contribution in [3.05, 3.63) is 116 Å².